The van der Waals surface area contributed by atoms with Gasteiger partial charge in [-0.2, -0.15) is 0 Å². The Balaban J connectivity index is 0.00000128. The summed E-state index contributed by atoms with van der Waals surface area (Å²) in [6, 6.07) is 0. The number of carbonyl (C=O) groups excluding carboxylic acids is 2. The highest BCUT2D eigenvalue weighted by Crippen LogP contribution is 2.60. The molecule has 2 rings (SSSR count). The van der Waals surface area contributed by atoms with Crippen LogP contribution in [0, 0.1) is 10.8 Å². The largest absolute Gasteiger partial charge is 0.469 e. The molecule has 2 fully saturated rings. The van der Waals surface area contributed by atoms with Gasteiger partial charge in [-0.3, -0.25) is 9.59 Å². The highest BCUT2D eigenvalue weighted by molar-refractivity contribution is 5.91. The van der Waals surface area contributed by atoms with Gasteiger partial charge < -0.3 is 14.8 Å². The van der Waals surface area contributed by atoms with Gasteiger partial charge in [-0.1, -0.05) is 0 Å². The normalized spacial score (nSPS) is 35.4. The summed E-state index contributed by atoms with van der Waals surface area (Å²) >= 11 is 0. The maximum absolute atomic E-state index is 11.8. The molecule has 2 aliphatic rings. The number of nitrogens with one attached hydrogen (secondary N) is 1. The predicted octanol–water partition coefficient (Wildman–Crippen LogP) is 0.124. The molecule has 1 N–H and O–H groups in total. The zero-order valence-electron chi connectivity index (χ0n) is 9.37. The lowest BCUT2D eigenvalue weighted by atomic mass is 9.51. The molecule has 1 aliphatic carbocycles. The van der Waals surface area contributed by atoms with E-state index in [1.807, 2.05) is 0 Å². The molecule has 2 unspecified atom stereocenters. The lowest BCUT2D eigenvalue weighted by Crippen LogP contribution is -2.60. The SMILES string of the molecule is COC(=O)C12CCC1(C(=O)OC)CNC2.Cl. The summed E-state index contributed by atoms with van der Waals surface area (Å²) in [7, 11) is 2.71. The fourth-order valence-electron chi connectivity index (χ4n) is 2.86. The Labute approximate surface area is 100 Å². The van der Waals surface area contributed by atoms with Crippen LogP contribution in [0.5, 0.6) is 0 Å². The minimum Gasteiger partial charge on any atom is -0.469 e. The molecule has 6 heteroatoms. The van der Waals surface area contributed by atoms with Crippen LogP contribution in [0.1, 0.15) is 12.8 Å². The molecule has 0 spiro atoms. The Hall–Kier alpha value is -0.810. The van der Waals surface area contributed by atoms with Crippen molar-refractivity contribution in [3.63, 3.8) is 0 Å². The molecule has 0 aromatic carbocycles. The van der Waals surface area contributed by atoms with Crippen LogP contribution in [-0.2, 0) is 19.1 Å². The van der Waals surface area contributed by atoms with Crippen LogP contribution < -0.4 is 5.32 Å². The standard InChI is InChI=1S/C10H15NO4.ClH/c1-14-7(12)9-3-4-10(9,6-11-5-9)8(13)15-2;/h11H,3-6H2,1-2H3;1H. The van der Waals surface area contributed by atoms with E-state index in [1.165, 1.54) is 14.2 Å². The van der Waals surface area contributed by atoms with Crippen LogP contribution >= 0.6 is 12.4 Å². The van der Waals surface area contributed by atoms with Crippen LogP contribution in [-0.4, -0.2) is 39.2 Å². The Morgan fingerprint density at radius 3 is 1.62 bits per heavy atom. The molecule has 16 heavy (non-hydrogen) atoms. The Morgan fingerprint density at radius 1 is 1.00 bits per heavy atom. The molecule has 0 aromatic rings. The van der Waals surface area contributed by atoms with Gasteiger partial charge in [-0.15, -0.1) is 12.4 Å². The predicted molar refractivity (Wildman–Crippen MR) is 58.2 cm³/mol. The van der Waals surface area contributed by atoms with E-state index in [1.54, 1.807) is 0 Å². The van der Waals surface area contributed by atoms with E-state index in [4.69, 9.17) is 9.47 Å². The van der Waals surface area contributed by atoms with Gasteiger partial charge in [0, 0.05) is 13.1 Å². The van der Waals surface area contributed by atoms with Crippen molar-refractivity contribution in [1.29, 1.82) is 0 Å². The van der Waals surface area contributed by atoms with E-state index in [9.17, 15) is 9.59 Å². The molecule has 1 saturated carbocycles. The number of hydrogen-bond acceptors (Lipinski definition) is 5. The fourth-order valence-corrected chi connectivity index (χ4v) is 2.86. The van der Waals surface area contributed by atoms with Crippen LogP contribution in [0.4, 0.5) is 0 Å². The highest BCUT2D eigenvalue weighted by atomic mass is 35.5. The smallest absolute Gasteiger partial charge is 0.314 e. The maximum Gasteiger partial charge on any atom is 0.314 e. The van der Waals surface area contributed by atoms with Crippen LogP contribution in [0.25, 0.3) is 0 Å². The van der Waals surface area contributed by atoms with Crippen molar-refractivity contribution in [2.75, 3.05) is 27.3 Å². The second-order valence-corrected chi connectivity index (χ2v) is 4.25. The minimum absolute atomic E-state index is 0. The van der Waals surface area contributed by atoms with Crippen LogP contribution in [0.3, 0.4) is 0 Å². The number of carbonyl (C=O) groups is 2. The molecular formula is C10H16ClNO4. The highest BCUT2D eigenvalue weighted by Gasteiger charge is 2.71. The van der Waals surface area contributed by atoms with E-state index in [0.29, 0.717) is 25.9 Å². The van der Waals surface area contributed by atoms with E-state index in [-0.39, 0.29) is 24.3 Å². The molecule has 5 nitrogen and oxygen atoms in total. The molecule has 1 aliphatic heterocycles. The molecule has 0 radical (unpaired) electrons. The third kappa shape index (κ3) is 1.28. The van der Waals surface area contributed by atoms with Gasteiger partial charge in [-0.25, -0.2) is 0 Å². The van der Waals surface area contributed by atoms with Crippen molar-refractivity contribution in [1.82, 2.24) is 5.32 Å². The lowest BCUT2D eigenvalue weighted by Gasteiger charge is -2.49. The van der Waals surface area contributed by atoms with Crippen LogP contribution in [0.2, 0.25) is 0 Å². The molecule has 0 aromatic heterocycles. The van der Waals surface area contributed by atoms with Gasteiger partial charge >= 0.3 is 11.9 Å². The molecule has 0 bridgehead atoms. The summed E-state index contributed by atoms with van der Waals surface area (Å²) in [6.45, 7) is 1.02. The zero-order valence-corrected chi connectivity index (χ0v) is 10.2. The molecule has 1 saturated heterocycles. The summed E-state index contributed by atoms with van der Waals surface area (Å²) in [5.74, 6) is -0.603. The second-order valence-electron chi connectivity index (χ2n) is 4.25. The van der Waals surface area contributed by atoms with Gasteiger partial charge in [0.15, 0.2) is 0 Å². The summed E-state index contributed by atoms with van der Waals surface area (Å²) in [5, 5.41) is 3.09. The molecular weight excluding hydrogens is 234 g/mol. The first-order valence-corrected chi connectivity index (χ1v) is 5.00. The maximum atomic E-state index is 11.8. The first-order chi connectivity index (χ1) is 7.13. The number of rotatable bonds is 2. The van der Waals surface area contributed by atoms with Gasteiger partial charge in [-0.05, 0) is 12.8 Å². The monoisotopic (exact) mass is 249 g/mol. The summed E-state index contributed by atoms with van der Waals surface area (Å²) in [6.07, 6.45) is 1.39. The topological polar surface area (TPSA) is 64.6 Å². The number of halogens is 1. The van der Waals surface area contributed by atoms with Crippen LogP contribution in [0.15, 0.2) is 0 Å². The third-order valence-corrected chi connectivity index (χ3v) is 3.90. The number of fused-ring (bicyclic) bond motifs is 1. The van der Waals surface area contributed by atoms with Gasteiger partial charge in [0.25, 0.3) is 0 Å². The Bertz CT molecular complexity index is 292. The lowest BCUT2D eigenvalue weighted by molar-refractivity contribution is -0.187. The van der Waals surface area contributed by atoms with Gasteiger partial charge in [0.1, 0.15) is 0 Å². The second kappa shape index (κ2) is 4.22. The third-order valence-electron chi connectivity index (χ3n) is 3.90. The molecule has 0 amide bonds. The van der Waals surface area contributed by atoms with E-state index < -0.39 is 10.8 Å². The summed E-state index contributed by atoms with van der Waals surface area (Å²) in [4.78, 5) is 23.5. The van der Waals surface area contributed by atoms with Crippen molar-refractivity contribution in [2.24, 2.45) is 10.8 Å². The minimum atomic E-state index is -0.686. The van der Waals surface area contributed by atoms with Gasteiger partial charge in [0.05, 0.1) is 25.0 Å². The quantitative estimate of drug-likeness (QED) is 0.705. The number of ether oxygens (including phenoxy) is 2. The van der Waals surface area contributed by atoms with E-state index in [0.717, 1.165) is 0 Å². The first kappa shape index (κ1) is 13.3. The Kier molecular flexibility index (Phi) is 3.50. The number of hydrogen-bond donors (Lipinski definition) is 1. The Morgan fingerprint density at radius 2 is 1.38 bits per heavy atom. The molecule has 1 heterocycles. The van der Waals surface area contributed by atoms with Crippen molar-refractivity contribution < 1.29 is 19.1 Å². The number of esters is 2. The van der Waals surface area contributed by atoms with E-state index in [2.05, 4.69) is 5.32 Å². The average Bonchev–Trinajstić information content (AvgIpc) is 2.50. The van der Waals surface area contributed by atoms with Crippen molar-refractivity contribution in [3.05, 3.63) is 0 Å². The molecule has 2 atom stereocenters. The average molecular weight is 250 g/mol. The fraction of sp³-hybridized carbons (Fsp3) is 0.800. The van der Waals surface area contributed by atoms with Crippen molar-refractivity contribution in [2.45, 2.75) is 12.8 Å². The van der Waals surface area contributed by atoms with Crippen molar-refractivity contribution in [3.8, 4) is 0 Å². The molecule has 92 valence electrons. The van der Waals surface area contributed by atoms with Gasteiger partial charge in [0.2, 0.25) is 0 Å². The zero-order chi connectivity index (χ0) is 11.1. The summed E-state index contributed by atoms with van der Waals surface area (Å²) in [5.41, 5.74) is -1.37. The first-order valence-electron chi connectivity index (χ1n) is 5.00. The van der Waals surface area contributed by atoms with E-state index >= 15 is 0 Å². The summed E-state index contributed by atoms with van der Waals surface area (Å²) < 4.78 is 9.58. The number of methoxy groups -OCH3 is 2. The van der Waals surface area contributed by atoms with Crippen molar-refractivity contribution >= 4 is 24.3 Å².